The Kier molecular flexibility index (Phi) is 5.75. The molecule has 0 spiro atoms. The number of hydrogen-bond donors (Lipinski definition) is 2. The Morgan fingerprint density at radius 2 is 1.97 bits per heavy atom. The van der Waals surface area contributed by atoms with Gasteiger partial charge in [0, 0.05) is 44.2 Å². The Hall–Kier alpha value is -1.34. The number of carbonyl (C=O) groups excluding carboxylic acids is 2. The van der Waals surface area contributed by atoms with Gasteiger partial charge >= 0.3 is 6.03 Å². The second-order valence-corrected chi connectivity index (χ2v) is 12.9. The van der Waals surface area contributed by atoms with Gasteiger partial charge in [0.1, 0.15) is 0 Å². The number of halogens is 1. The number of nitrogens with one attached hydrogen (secondary N) is 2. The van der Waals surface area contributed by atoms with Crippen LogP contribution in [0.5, 0.6) is 0 Å². The number of sulfonamides is 1. The normalized spacial score (nSPS) is 36.0. The average Bonchev–Trinajstić information content (AvgIpc) is 3.30. The quantitative estimate of drug-likeness (QED) is 0.523. The Labute approximate surface area is 194 Å². The van der Waals surface area contributed by atoms with Crippen molar-refractivity contribution >= 4 is 22.0 Å². The number of amides is 3. The molecular formula is C21H34FN5O5S. The van der Waals surface area contributed by atoms with Gasteiger partial charge in [0.15, 0.2) is 5.67 Å². The van der Waals surface area contributed by atoms with Crippen LogP contribution in [0.25, 0.3) is 0 Å². The number of alkyl halides is 1. The second kappa shape index (κ2) is 8.11. The van der Waals surface area contributed by atoms with E-state index in [9.17, 15) is 18.0 Å². The molecule has 0 aromatic rings. The zero-order chi connectivity index (χ0) is 23.6. The molecule has 186 valence electrons. The summed E-state index contributed by atoms with van der Waals surface area (Å²) in [4.78, 5) is 29.6. The maximum absolute atomic E-state index is 15.0. The number of hydrogen-bond acceptors (Lipinski definition) is 7. The number of ether oxygens (including phenoxy) is 1. The molecule has 3 heterocycles. The van der Waals surface area contributed by atoms with E-state index in [1.807, 2.05) is 19.0 Å². The summed E-state index contributed by atoms with van der Waals surface area (Å²) in [6.45, 7) is 3.18. The fourth-order valence-corrected chi connectivity index (χ4v) is 7.56. The van der Waals surface area contributed by atoms with Gasteiger partial charge in [-0.1, -0.05) is 0 Å². The number of hydrazine groups is 1. The van der Waals surface area contributed by atoms with Gasteiger partial charge < -0.3 is 9.64 Å². The van der Waals surface area contributed by atoms with Crippen LogP contribution in [0.3, 0.4) is 0 Å². The molecule has 4 atom stereocenters. The predicted octanol–water partition coefficient (Wildman–Crippen LogP) is 0.0645. The van der Waals surface area contributed by atoms with Gasteiger partial charge in [0.2, 0.25) is 15.9 Å². The van der Waals surface area contributed by atoms with Crippen LogP contribution >= 0.6 is 0 Å². The monoisotopic (exact) mass is 487 g/mol. The van der Waals surface area contributed by atoms with Crippen molar-refractivity contribution in [3.8, 4) is 0 Å². The molecule has 3 saturated heterocycles. The number of imide groups is 1. The molecular weight excluding hydrogens is 453 g/mol. The molecule has 5 rings (SSSR count). The minimum atomic E-state index is -3.59. The lowest BCUT2D eigenvalue weighted by Gasteiger charge is -2.50. The van der Waals surface area contributed by atoms with Crippen molar-refractivity contribution in [1.82, 2.24) is 25.0 Å². The van der Waals surface area contributed by atoms with Crippen LogP contribution in [0.1, 0.15) is 39.0 Å². The highest BCUT2D eigenvalue weighted by molar-refractivity contribution is 7.90. The van der Waals surface area contributed by atoms with Crippen LogP contribution in [-0.4, -0.2) is 104 Å². The zero-order valence-electron chi connectivity index (χ0n) is 19.3. The fourth-order valence-electron chi connectivity index (χ4n) is 5.60. The number of nitrogens with zero attached hydrogens (tertiary/aromatic N) is 3. The highest BCUT2D eigenvalue weighted by atomic mass is 32.2. The van der Waals surface area contributed by atoms with Crippen LogP contribution in [0.4, 0.5) is 9.18 Å². The highest BCUT2D eigenvalue weighted by Crippen LogP contribution is 2.41. The summed E-state index contributed by atoms with van der Waals surface area (Å²) >= 11 is 0. The minimum absolute atomic E-state index is 0.0623. The lowest BCUT2D eigenvalue weighted by atomic mass is 9.80. The Morgan fingerprint density at radius 1 is 1.24 bits per heavy atom. The van der Waals surface area contributed by atoms with E-state index in [0.717, 1.165) is 12.8 Å². The summed E-state index contributed by atoms with van der Waals surface area (Å²) < 4.78 is 49.0. The molecule has 2 saturated carbocycles. The van der Waals surface area contributed by atoms with Gasteiger partial charge in [-0.15, -0.1) is 0 Å². The van der Waals surface area contributed by atoms with Crippen LogP contribution < -0.4 is 10.1 Å². The predicted molar refractivity (Wildman–Crippen MR) is 117 cm³/mol. The summed E-state index contributed by atoms with van der Waals surface area (Å²) in [5, 5.41) is 1.22. The number of carbonyl (C=O) groups is 2. The van der Waals surface area contributed by atoms with Crippen molar-refractivity contribution in [2.75, 3.05) is 46.4 Å². The summed E-state index contributed by atoms with van der Waals surface area (Å²) in [6.07, 6.45) is 2.47. The standard InChI is InChI=1S/C21H34FN5O5S/c1-20(5-6-20)24-33(30,31)15-3-4-17-16(7-15)18(28)26(10-14-8-23-25(2)9-14)19(29)27(17)11-21(22)12-32-13-21/h14-17,23-24H,3-13H2,1-2H3. The molecule has 0 aromatic heterocycles. The Bertz CT molecular complexity index is 924. The van der Waals surface area contributed by atoms with Gasteiger partial charge in [-0.3, -0.25) is 15.1 Å². The summed E-state index contributed by atoms with van der Waals surface area (Å²) in [7, 11) is -1.70. The van der Waals surface area contributed by atoms with Gasteiger partial charge in [-0.2, -0.15) is 0 Å². The molecule has 0 aromatic carbocycles. The molecule has 12 heteroatoms. The van der Waals surface area contributed by atoms with Crippen molar-refractivity contribution in [2.45, 2.75) is 61.5 Å². The third-order valence-electron chi connectivity index (χ3n) is 7.85. The second-order valence-electron chi connectivity index (χ2n) is 10.9. The van der Waals surface area contributed by atoms with Crippen molar-refractivity contribution in [3.05, 3.63) is 0 Å². The van der Waals surface area contributed by atoms with E-state index < -0.39 is 38.9 Å². The Balaban J connectivity index is 1.37. The summed E-state index contributed by atoms with van der Waals surface area (Å²) in [5.74, 6) is -0.917. The molecule has 3 amide bonds. The molecule has 4 unspecified atom stereocenters. The van der Waals surface area contributed by atoms with Crippen molar-refractivity contribution < 1.29 is 27.1 Å². The molecule has 5 fully saturated rings. The molecule has 2 aliphatic carbocycles. The van der Waals surface area contributed by atoms with E-state index in [-0.39, 0.29) is 50.1 Å². The maximum atomic E-state index is 15.0. The van der Waals surface area contributed by atoms with E-state index in [2.05, 4.69) is 10.1 Å². The maximum Gasteiger partial charge on any atom is 0.327 e. The summed E-state index contributed by atoms with van der Waals surface area (Å²) in [5.41, 5.74) is 1.17. The average molecular weight is 488 g/mol. The van der Waals surface area contributed by atoms with Crippen LogP contribution in [0.15, 0.2) is 0 Å². The van der Waals surface area contributed by atoms with Crippen LogP contribution in [0.2, 0.25) is 0 Å². The van der Waals surface area contributed by atoms with Crippen LogP contribution in [-0.2, 0) is 19.6 Å². The topological polar surface area (TPSA) is 111 Å². The van der Waals surface area contributed by atoms with E-state index in [1.54, 1.807) is 0 Å². The first-order valence-electron chi connectivity index (χ1n) is 11.8. The third-order valence-corrected chi connectivity index (χ3v) is 9.93. The molecule has 0 bridgehead atoms. The third kappa shape index (κ3) is 4.52. The molecule has 3 aliphatic heterocycles. The lowest BCUT2D eigenvalue weighted by molar-refractivity contribution is -0.155. The molecule has 0 radical (unpaired) electrons. The largest absolute Gasteiger partial charge is 0.374 e. The number of rotatable bonds is 7. The van der Waals surface area contributed by atoms with Crippen molar-refractivity contribution in [3.63, 3.8) is 0 Å². The smallest absolute Gasteiger partial charge is 0.327 e. The first-order chi connectivity index (χ1) is 15.5. The highest BCUT2D eigenvalue weighted by Gasteiger charge is 2.54. The van der Waals surface area contributed by atoms with Gasteiger partial charge in [-0.25, -0.2) is 27.3 Å². The van der Waals surface area contributed by atoms with E-state index in [0.29, 0.717) is 25.9 Å². The lowest BCUT2D eigenvalue weighted by Crippen LogP contribution is -2.68. The van der Waals surface area contributed by atoms with Gasteiger partial charge in [0.25, 0.3) is 0 Å². The van der Waals surface area contributed by atoms with Crippen molar-refractivity contribution in [1.29, 1.82) is 0 Å². The Morgan fingerprint density at radius 3 is 2.55 bits per heavy atom. The number of fused-ring (bicyclic) bond motifs is 1. The first kappa shape index (κ1) is 23.4. The van der Waals surface area contributed by atoms with Gasteiger partial charge in [0.05, 0.1) is 30.9 Å². The molecule has 33 heavy (non-hydrogen) atoms. The van der Waals surface area contributed by atoms with Gasteiger partial charge in [-0.05, 0) is 39.0 Å². The zero-order valence-corrected chi connectivity index (χ0v) is 20.1. The molecule has 10 nitrogen and oxygen atoms in total. The molecule has 2 N–H and O–H groups in total. The minimum Gasteiger partial charge on any atom is -0.374 e. The van der Waals surface area contributed by atoms with E-state index in [1.165, 1.54) is 9.80 Å². The molecule has 5 aliphatic rings. The first-order valence-corrected chi connectivity index (χ1v) is 13.4. The van der Waals surface area contributed by atoms with E-state index >= 15 is 4.39 Å². The van der Waals surface area contributed by atoms with E-state index in [4.69, 9.17) is 4.74 Å². The SMILES string of the molecule is CN1CC(CN2C(=O)C3CC(S(=O)(=O)NC4(C)CC4)CCC3N(CC3(F)COC3)C2=O)CN1. The van der Waals surface area contributed by atoms with Crippen LogP contribution in [0, 0.1) is 11.8 Å². The fraction of sp³-hybridized carbons (Fsp3) is 0.905. The van der Waals surface area contributed by atoms with Crippen molar-refractivity contribution in [2.24, 2.45) is 11.8 Å². The number of urea groups is 1. The summed E-state index contributed by atoms with van der Waals surface area (Å²) in [6, 6.07) is -0.952.